The van der Waals surface area contributed by atoms with Crippen molar-refractivity contribution in [2.75, 3.05) is 5.75 Å². The van der Waals surface area contributed by atoms with Gasteiger partial charge < -0.3 is 0 Å². The normalized spacial score (nSPS) is 11.1. The molecule has 2 aromatic rings. The molecule has 7 heteroatoms. The number of thioether (sulfide) groups is 1. The number of carbonyl (C=O) groups excluding carboxylic acids is 1. The summed E-state index contributed by atoms with van der Waals surface area (Å²) in [4.78, 5) is 12.7. The van der Waals surface area contributed by atoms with Gasteiger partial charge in [-0.1, -0.05) is 11.6 Å². The van der Waals surface area contributed by atoms with E-state index in [4.69, 9.17) is 11.6 Å². The molecule has 1 amide bonds. The number of hydrogen-bond acceptors (Lipinski definition) is 4. The Kier molecular flexibility index (Phi) is 5.63. The second-order valence-corrected chi connectivity index (χ2v) is 6.23. The van der Waals surface area contributed by atoms with E-state index in [1.165, 1.54) is 11.8 Å². The van der Waals surface area contributed by atoms with Crippen LogP contribution in [0.3, 0.4) is 0 Å². The SMILES string of the molecule is Cc1nn(C)c(C)c1/C=N\NC(=O)CSc1ccc(Cl)cc1. The Morgan fingerprint density at radius 1 is 1.41 bits per heavy atom. The van der Waals surface area contributed by atoms with Crippen LogP contribution in [-0.2, 0) is 11.8 Å². The van der Waals surface area contributed by atoms with Gasteiger partial charge in [-0.3, -0.25) is 9.48 Å². The molecule has 0 unspecified atom stereocenters. The molecule has 0 spiro atoms. The van der Waals surface area contributed by atoms with E-state index >= 15 is 0 Å². The average Bonchev–Trinajstić information content (AvgIpc) is 2.73. The number of hydrazone groups is 1. The largest absolute Gasteiger partial charge is 0.272 e. The maximum absolute atomic E-state index is 11.8. The van der Waals surface area contributed by atoms with Crippen LogP contribution in [0.2, 0.25) is 5.02 Å². The first-order valence-electron chi connectivity index (χ1n) is 6.68. The van der Waals surface area contributed by atoms with Crippen molar-refractivity contribution in [3.05, 3.63) is 46.2 Å². The molecule has 0 aliphatic heterocycles. The number of carbonyl (C=O) groups is 1. The summed E-state index contributed by atoms with van der Waals surface area (Å²) in [6.45, 7) is 3.87. The van der Waals surface area contributed by atoms with Crippen LogP contribution in [0.5, 0.6) is 0 Å². The van der Waals surface area contributed by atoms with Crippen molar-refractivity contribution in [1.82, 2.24) is 15.2 Å². The van der Waals surface area contributed by atoms with Gasteiger partial charge in [0.1, 0.15) is 0 Å². The summed E-state index contributed by atoms with van der Waals surface area (Å²) in [5, 5.41) is 8.96. The number of benzene rings is 1. The van der Waals surface area contributed by atoms with E-state index in [0.717, 1.165) is 21.8 Å². The average molecular weight is 337 g/mol. The summed E-state index contributed by atoms with van der Waals surface area (Å²) < 4.78 is 1.79. The van der Waals surface area contributed by atoms with E-state index < -0.39 is 0 Å². The van der Waals surface area contributed by atoms with Crippen LogP contribution in [0.15, 0.2) is 34.3 Å². The Bertz CT molecular complexity index is 694. The molecule has 0 aliphatic rings. The second kappa shape index (κ2) is 7.47. The molecule has 1 heterocycles. The zero-order valence-electron chi connectivity index (χ0n) is 12.6. The van der Waals surface area contributed by atoms with Crippen molar-refractivity contribution in [2.45, 2.75) is 18.7 Å². The second-order valence-electron chi connectivity index (χ2n) is 4.74. The smallest absolute Gasteiger partial charge is 0.250 e. The predicted molar refractivity (Wildman–Crippen MR) is 90.6 cm³/mol. The van der Waals surface area contributed by atoms with Crippen LogP contribution in [0.4, 0.5) is 0 Å². The van der Waals surface area contributed by atoms with Gasteiger partial charge in [0.2, 0.25) is 5.91 Å². The minimum absolute atomic E-state index is 0.157. The topological polar surface area (TPSA) is 59.3 Å². The molecule has 0 bridgehead atoms. The predicted octanol–water partition coefficient (Wildman–Crippen LogP) is 2.93. The number of nitrogens with zero attached hydrogens (tertiary/aromatic N) is 3. The van der Waals surface area contributed by atoms with Gasteiger partial charge >= 0.3 is 0 Å². The molecule has 1 aromatic carbocycles. The number of hydrogen-bond donors (Lipinski definition) is 1. The molecule has 0 atom stereocenters. The third-order valence-corrected chi connectivity index (χ3v) is 4.40. The quantitative estimate of drug-likeness (QED) is 0.519. The van der Waals surface area contributed by atoms with E-state index in [9.17, 15) is 4.79 Å². The fraction of sp³-hybridized carbons (Fsp3) is 0.267. The Labute approximate surface area is 138 Å². The van der Waals surface area contributed by atoms with Crippen molar-refractivity contribution in [1.29, 1.82) is 0 Å². The zero-order valence-corrected chi connectivity index (χ0v) is 14.2. The highest BCUT2D eigenvalue weighted by atomic mass is 35.5. The van der Waals surface area contributed by atoms with Crippen molar-refractivity contribution < 1.29 is 4.79 Å². The Hall–Kier alpha value is -1.79. The third kappa shape index (κ3) is 4.35. The van der Waals surface area contributed by atoms with Crippen LogP contribution in [0.1, 0.15) is 17.0 Å². The van der Waals surface area contributed by atoms with Crippen LogP contribution in [0.25, 0.3) is 0 Å². The zero-order chi connectivity index (χ0) is 16.1. The standard InChI is InChI=1S/C15H17ClN4OS/c1-10-14(11(2)20(3)19-10)8-17-18-15(21)9-22-13-6-4-12(16)5-7-13/h4-8H,9H2,1-3H3,(H,18,21)/b17-8-. The van der Waals surface area contributed by atoms with Gasteiger partial charge in [0.15, 0.2) is 0 Å². The van der Waals surface area contributed by atoms with E-state index in [2.05, 4.69) is 15.6 Å². The molecule has 1 aromatic heterocycles. The summed E-state index contributed by atoms with van der Waals surface area (Å²) in [6.07, 6.45) is 1.63. The Morgan fingerprint density at radius 3 is 2.68 bits per heavy atom. The minimum atomic E-state index is -0.157. The van der Waals surface area contributed by atoms with Crippen molar-refractivity contribution in [3.8, 4) is 0 Å². The van der Waals surface area contributed by atoms with Crippen LogP contribution in [0, 0.1) is 13.8 Å². The van der Waals surface area contributed by atoms with Crippen LogP contribution in [-0.4, -0.2) is 27.7 Å². The molecule has 22 heavy (non-hydrogen) atoms. The van der Waals surface area contributed by atoms with E-state index in [0.29, 0.717) is 10.8 Å². The highest BCUT2D eigenvalue weighted by molar-refractivity contribution is 8.00. The van der Waals surface area contributed by atoms with Crippen LogP contribution >= 0.6 is 23.4 Å². The molecule has 1 N–H and O–H groups in total. The summed E-state index contributed by atoms with van der Waals surface area (Å²) in [6, 6.07) is 7.36. The minimum Gasteiger partial charge on any atom is -0.272 e. The molecule has 0 radical (unpaired) electrons. The first-order valence-corrected chi connectivity index (χ1v) is 8.04. The molecule has 0 saturated heterocycles. The number of amides is 1. The van der Waals surface area contributed by atoms with Crippen molar-refractivity contribution in [3.63, 3.8) is 0 Å². The summed E-state index contributed by atoms with van der Waals surface area (Å²) in [5.41, 5.74) is 5.34. The Balaban J connectivity index is 1.85. The van der Waals surface area contributed by atoms with Gasteiger partial charge in [0.25, 0.3) is 0 Å². The first kappa shape index (κ1) is 16.6. The van der Waals surface area contributed by atoms with Gasteiger partial charge in [-0.25, -0.2) is 5.43 Å². The maximum atomic E-state index is 11.8. The maximum Gasteiger partial charge on any atom is 0.250 e. The summed E-state index contributed by atoms with van der Waals surface area (Å²) >= 11 is 7.25. The first-order chi connectivity index (χ1) is 10.5. The number of aryl methyl sites for hydroxylation is 2. The van der Waals surface area contributed by atoms with E-state index in [1.807, 2.05) is 33.0 Å². The molecule has 116 valence electrons. The van der Waals surface area contributed by atoms with Gasteiger partial charge in [-0.15, -0.1) is 11.8 Å². The molecule has 2 rings (SSSR count). The van der Waals surface area contributed by atoms with E-state index in [-0.39, 0.29) is 5.91 Å². The van der Waals surface area contributed by atoms with Gasteiger partial charge in [0.05, 0.1) is 17.7 Å². The molecule has 0 aliphatic carbocycles. The lowest BCUT2D eigenvalue weighted by molar-refractivity contribution is -0.118. The fourth-order valence-corrected chi connectivity index (χ4v) is 2.67. The molecule has 5 nitrogen and oxygen atoms in total. The van der Waals surface area contributed by atoms with E-state index in [1.54, 1.807) is 23.0 Å². The number of aromatic nitrogens is 2. The van der Waals surface area contributed by atoms with Crippen molar-refractivity contribution >= 4 is 35.5 Å². The summed E-state index contributed by atoms with van der Waals surface area (Å²) in [5.74, 6) is 0.139. The van der Waals surface area contributed by atoms with Gasteiger partial charge in [0, 0.05) is 28.2 Å². The third-order valence-electron chi connectivity index (χ3n) is 3.13. The Morgan fingerprint density at radius 2 is 2.09 bits per heavy atom. The van der Waals surface area contributed by atoms with Crippen molar-refractivity contribution in [2.24, 2.45) is 12.1 Å². The lowest BCUT2D eigenvalue weighted by Gasteiger charge is -2.01. The number of nitrogens with one attached hydrogen (secondary N) is 1. The summed E-state index contributed by atoms with van der Waals surface area (Å²) in [7, 11) is 1.88. The number of halogens is 1. The lowest BCUT2D eigenvalue weighted by atomic mass is 10.2. The fourth-order valence-electron chi connectivity index (χ4n) is 1.86. The highest BCUT2D eigenvalue weighted by Crippen LogP contribution is 2.19. The van der Waals surface area contributed by atoms with Crippen LogP contribution < -0.4 is 5.43 Å². The number of rotatable bonds is 5. The highest BCUT2D eigenvalue weighted by Gasteiger charge is 2.07. The monoisotopic (exact) mass is 336 g/mol. The molecule has 0 saturated carbocycles. The molecular weight excluding hydrogens is 320 g/mol. The van der Waals surface area contributed by atoms with Gasteiger partial charge in [-0.2, -0.15) is 10.2 Å². The van der Waals surface area contributed by atoms with Gasteiger partial charge in [-0.05, 0) is 38.1 Å². The molecular formula is C15H17ClN4OS. The lowest BCUT2D eigenvalue weighted by Crippen LogP contribution is -2.19. The molecule has 0 fully saturated rings.